The van der Waals surface area contributed by atoms with Crippen LogP contribution >= 0.6 is 0 Å². The van der Waals surface area contributed by atoms with E-state index in [4.69, 9.17) is 9.47 Å². The minimum Gasteiger partial charge on any atom is -0.497 e. The van der Waals surface area contributed by atoms with Crippen molar-refractivity contribution < 1.29 is 14.3 Å². The van der Waals surface area contributed by atoms with Gasteiger partial charge in [-0.05, 0) is 30.4 Å². The van der Waals surface area contributed by atoms with E-state index in [0.717, 1.165) is 29.9 Å². The Morgan fingerprint density at radius 3 is 2.48 bits per heavy atom. The average molecular weight is 287 g/mol. The predicted octanol–water partition coefficient (Wildman–Crippen LogP) is 3.42. The van der Waals surface area contributed by atoms with Crippen molar-refractivity contribution in [2.75, 3.05) is 14.2 Å². The largest absolute Gasteiger partial charge is 0.497 e. The van der Waals surface area contributed by atoms with E-state index in [1.54, 1.807) is 14.2 Å². The Morgan fingerprint density at radius 2 is 1.86 bits per heavy atom. The fourth-order valence-electron chi connectivity index (χ4n) is 3.36. The Bertz CT molecular complexity index is 677. The maximum atomic E-state index is 11.5. The van der Waals surface area contributed by atoms with Crippen LogP contribution in [0.2, 0.25) is 0 Å². The summed E-state index contributed by atoms with van der Waals surface area (Å²) in [6.45, 7) is 0. The third kappa shape index (κ3) is 2.39. The highest BCUT2D eigenvalue weighted by Crippen LogP contribution is 2.40. The highest BCUT2D eigenvalue weighted by Gasteiger charge is 2.24. The highest BCUT2D eigenvalue weighted by atomic mass is 16.5. The first-order valence-corrected chi connectivity index (χ1v) is 7.36. The Balaban J connectivity index is 2.12. The standard InChI is InChI=1S/C17H21NO3/c1-18-10-15(11-4-6-12(19)7-5-11)14-8-13(20-2)9-16(21-3)17(14)18/h8-11H,4-7H2,1-3H3. The molecule has 0 radical (unpaired) electrons. The number of carbonyl (C=O) groups excluding carboxylic acids is 1. The summed E-state index contributed by atoms with van der Waals surface area (Å²) in [5.74, 6) is 2.47. The average Bonchev–Trinajstić information content (AvgIpc) is 2.84. The lowest BCUT2D eigenvalue weighted by Gasteiger charge is -2.20. The minimum absolute atomic E-state index is 0.390. The number of rotatable bonds is 3. The number of fused-ring (bicyclic) bond motifs is 1. The lowest BCUT2D eigenvalue weighted by Crippen LogP contribution is -2.12. The Kier molecular flexibility index (Phi) is 3.62. The number of carbonyl (C=O) groups is 1. The van der Waals surface area contributed by atoms with Crippen LogP contribution in [-0.2, 0) is 11.8 Å². The predicted molar refractivity (Wildman–Crippen MR) is 82.2 cm³/mol. The number of ketones is 1. The number of aromatic nitrogens is 1. The molecule has 112 valence electrons. The van der Waals surface area contributed by atoms with E-state index in [0.29, 0.717) is 24.5 Å². The molecule has 1 aliphatic carbocycles. The molecule has 0 atom stereocenters. The summed E-state index contributed by atoms with van der Waals surface area (Å²) in [4.78, 5) is 11.5. The third-order valence-corrected chi connectivity index (χ3v) is 4.48. The molecule has 0 N–H and O–H groups in total. The molecular weight excluding hydrogens is 266 g/mol. The zero-order valence-corrected chi connectivity index (χ0v) is 12.8. The number of ether oxygens (including phenoxy) is 2. The molecule has 1 aliphatic rings. The first-order valence-electron chi connectivity index (χ1n) is 7.36. The van der Waals surface area contributed by atoms with Gasteiger partial charge in [-0.15, -0.1) is 0 Å². The third-order valence-electron chi connectivity index (χ3n) is 4.48. The van der Waals surface area contributed by atoms with Gasteiger partial charge in [-0.2, -0.15) is 0 Å². The zero-order chi connectivity index (χ0) is 15.0. The van der Waals surface area contributed by atoms with Crippen molar-refractivity contribution in [2.24, 2.45) is 7.05 Å². The number of aryl methyl sites for hydroxylation is 1. The number of Topliss-reactive ketones (excluding diaryl/α,β-unsaturated/α-hetero) is 1. The first-order chi connectivity index (χ1) is 10.1. The first kappa shape index (κ1) is 14.0. The van der Waals surface area contributed by atoms with Gasteiger partial charge in [-0.25, -0.2) is 0 Å². The van der Waals surface area contributed by atoms with Gasteiger partial charge in [0.25, 0.3) is 0 Å². The van der Waals surface area contributed by atoms with Crippen molar-refractivity contribution in [2.45, 2.75) is 31.6 Å². The molecule has 0 saturated heterocycles. The van der Waals surface area contributed by atoms with Crippen molar-refractivity contribution >= 4 is 16.7 Å². The number of hydrogen-bond donors (Lipinski definition) is 0. The van der Waals surface area contributed by atoms with Crippen LogP contribution in [0.4, 0.5) is 0 Å². The minimum atomic E-state index is 0.390. The van der Waals surface area contributed by atoms with E-state index in [9.17, 15) is 4.79 Å². The van der Waals surface area contributed by atoms with Gasteiger partial charge in [0, 0.05) is 37.5 Å². The van der Waals surface area contributed by atoms with Crippen LogP contribution in [0.3, 0.4) is 0 Å². The summed E-state index contributed by atoms with van der Waals surface area (Å²) >= 11 is 0. The molecule has 0 unspecified atom stereocenters. The Labute approximate surface area is 124 Å². The van der Waals surface area contributed by atoms with Crippen LogP contribution in [0, 0.1) is 0 Å². The van der Waals surface area contributed by atoms with E-state index in [2.05, 4.69) is 16.8 Å². The monoisotopic (exact) mass is 287 g/mol. The summed E-state index contributed by atoms with van der Waals surface area (Å²) in [6, 6.07) is 3.99. The molecule has 4 nitrogen and oxygen atoms in total. The summed E-state index contributed by atoms with van der Waals surface area (Å²) in [5.41, 5.74) is 2.39. The van der Waals surface area contributed by atoms with Crippen molar-refractivity contribution in [3.63, 3.8) is 0 Å². The SMILES string of the molecule is COc1cc(OC)c2c(c1)c(C1CCC(=O)CC1)cn2C. The van der Waals surface area contributed by atoms with Gasteiger partial charge in [0.05, 0.1) is 19.7 Å². The van der Waals surface area contributed by atoms with Crippen LogP contribution in [0.5, 0.6) is 11.5 Å². The second-order valence-electron chi connectivity index (χ2n) is 5.73. The molecule has 1 saturated carbocycles. The van der Waals surface area contributed by atoms with Crippen molar-refractivity contribution in [1.29, 1.82) is 0 Å². The molecule has 3 rings (SSSR count). The van der Waals surface area contributed by atoms with Gasteiger partial charge in [0.1, 0.15) is 17.3 Å². The maximum Gasteiger partial charge on any atom is 0.146 e. The molecule has 2 aromatic rings. The molecule has 21 heavy (non-hydrogen) atoms. The second-order valence-corrected chi connectivity index (χ2v) is 5.73. The lowest BCUT2D eigenvalue weighted by atomic mass is 9.83. The summed E-state index contributed by atoms with van der Waals surface area (Å²) in [6.07, 6.45) is 5.45. The van der Waals surface area contributed by atoms with Crippen LogP contribution in [0.25, 0.3) is 10.9 Å². The molecular formula is C17H21NO3. The molecule has 0 aliphatic heterocycles. The van der Waals surface area contributed by atoms with Crippen molar-refractivity contribution in [1.82, 2.24) is 4.57 Å². The van der Waals surface area contributed by atoms with Gasteiger partial charge >= 0.3 is 0 Å². The van der Waals surface area contributed by atoms with Gasteiger partial charge < -0.3 is 14.0 Å². The van der Waals surface area contributed by atoms with Crippen LogP contribution in [0.15, 0.2) is 18.3 Å². The maximum absolute atomic E-state index is 11.5. The van der Waals surface area contributed by atoms with Crippen LogP contribution < -0.4 is 9.47 Å². The Morgan fingerprint density at radius 1 is 1.14 bits per heavy atom. The summed E-state index contributed by atoms with van der Waals surface area (Å²) < 4.78 is 13.0. The van der Waals surface area contributed by atoms with Gasteiger partial charge in [-0.1, -0.05) is 0 Å². The van der Waals surface area contributed by atoms with E-state index in [-0.39, 0.29) is 0 Å². The van der Waals surface area contributed by atoms with Gasteiger partial charge in [0.2, 0.25) is 0 Å². The molecule has 1 aromatic heterocycles. The molecule has 0 spiro atoms. The molecule has 0 amide bonds. The fraction of sp³-hybridized carbons (Fsp3) is 0.471. The summed E-state index contributed by atoms with van der Waals surface area (Å²) in [5, 5.41) is 1.17. The van der Waals surface area contributed by atoms with E-state index in [1.807, 2.05) is 13.1 Å². The Hall–Kier alpha value is -1.97. The normalized spacial score (nSPS) is 16.4. The molecule has 0 bridgehead atoms. The van der Waals surface area contributed by atoms with Crippen molar-refractivity contribution in [3.8, 4) is 11.5 Å². The topological polar surface area (TPSA) is 40.5 Å². The van der Waals surface area contributed by atoms with Gasteiger partial charge in [-0.3, -0.25) is 4.79 Å². The van der Waals surface area contributed by atoms with E-state index >= 15 is 0 Å². The molecule has 4 heteroatoms. The molecule has 1 aromatic carbocycles. The van der Waals surface area contributed by atoms with Crippen LogP contribution in [-0.4, -0.2) is 24.6 Å². The number of benzene rings is 1. The fourth-order valence-corrected chi connectivity index (χ4v) is 3.36. The smallest absolute Gasteiger partial charge is 0.146 e. The highest BCUT2D eigenvalue weighted by molar-refractivity contribution is 5.91. The number of hydrogen-bond acceptors (Lipinski definition) is 3. The molecule has 1 heterocycles. The van der Waals surface area contributed by atoms with E-state index in [1.165, 1.54) is 10.9 Å². The molecule has 1 fully saturated rings. The summed E-state index contributed by atoms with van der Waals surface area (Å²) in [7, 11) is 5.39. The van der Waals surface area contributed by atoms with E-state index < -0.39 is 0 Å². The quantitative estimate of drug-likeness (QED) is 0.868. The number of nitrogens with zero attached hydrogens (tertiary/aromatic N) is 1. The van der Waals surface area contributed by atoms with Gasteiger partial charge in [0.15, 0.2) is 0 Å². The second kappa shape index (κ2) is 5.43. The lowest BCUT2D eigenvalue weighted by molar-refractivity contribution is -0.120. The zero-order valence-electron chi connectivity index (χ0n) is 12.8. The van der Waals surface area contributed by atoms with Crippen molar-refractivity contribution in [3.05, 3.63) is 23.9 Å². The van der Waals surface area contributed by atoms with Crippen LogP contribution in [0.1, 0.15) is 37.2 Å². The number of methoxy groups -OCH3 is 2.